The lowest BCUT2D eigenvalue weighted by Crippen LogP contribution is -2.29. The first-order chi connectivity index (χ1) is 12.1. The first-order valence-electron chi connectivity index (χ1n) is 8.75. The maximum atomic E-state index is 3.73. The number of nitrogens with one attached hydrogen (secondary N) is 1. The van der Waals surface area contributed by atoms with Crippen molar-refractivity contribution in [1.82, 2.24) is 0 Å². The lowest BCUT2D eigenvalue weighted by atomic mass is 10.0. The molecule has 0 saturated carbocycles. The molecule has 0 bridgehead atoms. The minimum atomic E-state index is 0.0790. The number of nitrogens with zero attached hydrogens (tertiary/aromatic N) is 1. The second-order valence-corrected chi connectivity index (χ2v) is 6.82. The molecule has 0 amide bonds. The van der Waals surface area contributed by atoms with E-state index in [-0.39, 0.29) is 6.17 Å². The van der Waals surface area contributed by atoms with Crippen LogP contribution in [0.15, 0.2) is 66.7 Å². The van der Waals surface area contributed by atoms with Crippen molar-refractivity contribution in [2.75, 3.05) is 5.32 Å². The number of rotatable bonds is 2. The average Bonchev–Trinajstić information content (AvgIpc) is 2.62. The fourth-order valence-electron chi connectivity index (χ4n) is 3.58. The molecule has 0 saturated heterocycles. The van der Waals surface area contributed by atoms with Crippen LogP contribution in [-0.2, 0) is 0 Å². The van der Waals surface area contributed by atoms with Gasteiger partial charge in [-0.3, -0.25) is 0 Å². The fraction of sp³-hybridized carbons (Fsp3) is 0.174. The maximum Gasteiger partial charge on any atom is 0.258 e. The number of hydrogen-bond donors (Lipinski definition) is 1. The standard InChI is InChI=1S/C23H22N2/c1-16-11-13-19(14-12-16)23-24-21-10-5-4-9-20(21)15-25(23)22-17(2)7-6-8-18(22)3/h4-15,23H,1-3H3/p+1. The van der Waals surface area contributed by atoms with Gasteiger partial charge in [0, 0.05) is 16.7 Å². The minimum absolute atomic E-state index is 0.0790. The van der Waals surface area contributed by atoms with Crippen molar-refractivity contribution in [2.24, 2.45) is 0 Å². The predicted octanol–water partition coefficient (Wildman–Crippen LogP) is 5.50. The van der Waals surface area contributed by atoms with Crippen LogP contribution in [0.4, 0.5) is 11.4 Å². The Kier molecular flexibility index (Phi) is 3.89. The van der Waals surface area contributed by atoms with E-state index in [1.807, 2.05) is 0 Å². The summed E-state index contributed by atoms with van der Waals surface area (Å²) >= 11 is 0. The highest BCUT2D eigenvalue weighted by molar-refractivity contribution is 5.87. The molecule has 2 nitrogen and oxygen atoms in total. The Balaban J connectivity index is 1.92. The van der Waals surface area contributed by atoms with E-state index in [0.29, 0.717) is 0 Å². The third kappa shape index (κ3) is 2.85. The number of para-hydroxylation sites is 2. The summed E-state index contributed by atoms with van der Waals surface area (Å²) in [5.41, 5.74) is 8.78. The minimum Gasteiger partial charge on any atom is -0.323 e. The molecule has 0 aliphatic carbocycles. The number of benzene rings is 3. The molecule has 2 heteroatoms. The summed E-state index contributed by atoms with van der Waals surface area (Å²) in [6.07, 6.45) is 2.35. The number of aryl methyl sites for hydroxylation is 3. The van der Waals surface area contributed by atoms with Crippen LogP contribution in [0.5, 0.6) is 0 Å². The van der Waals surface area contributed by atoms with Crippen molar-refractivity contribution in [2.45, 2.75) is 26.9 Å². The highest BCUT2D eigenvalue weighted by Gasteiger charge is 2.31. The van der Waals surface area contributed by atoms with Gasteiger partial charge in [-0.2, -0.15) is 4.58 Å². The van der Waals surface area contributed by atoms with Gasteiger partial charge >= 0.3 is 0 Å². The van der Waals surface area contributed by atoms with Crippen LogP contribution in [0.25, 0.3) is 0 Å². The maximum absolute atomic E-state index is 3.73. The van der Waals surface area contributed by atoms with Crippen molar-refractivity contribution < 1.29 is 4.58 Å². The average molecular weight is 327 g/mol. The van der Waals surface area contributed by atoms with Crippen LogP contribution < -0.4 is 5.32 Å². The Morgan fingerprint density at radius 1 is 0.760 bits per heavy atom. The topological polar surface area (TPSA) is 15.0 Å². The Morgan fingerprint density at radius 3 is 2.16 bits per heavy atom. The molecule has 124 valence electrons. The lowest BCUT2D eigenvalue weighted by Gasteiger charge is -2.25. The van der Waals surface area contributed by atoms with Gasteiger partial charge in [-0.1, -0.05) is 60.2 Å². The Bertz CT molecular complexity index is 932. The zero-order valence-electron chi connectivity index (χ0n) is 15.0. The van der Waals surface area contributed by atoms with Crippen LogP contribution >= 0.6 is 0 Å². The van der Waals surface area contributed by atoms with Crippen LogP contribution in [0, 0.1) is 20.8 Å². The number of anilines is 1. The van der Waals surface area contributed by atoms with Crippen LogP contribution in [-0.4, -0.2) is 10.8 Å². The SMILES string of the molecule is Cc1ccc(C2Nc3ccccc3C=[N+]2c2c(C)cccc2C)cc1. The molecule has 1 unspecified atom stereocenters. The van der Waals surface area contributed by atoms with E-state index >= 15 is 0 Å². The van der Waals surface area contributed by atoms with Gasteiger partial charge < -0.3 is 5.32 Å². The van der Waals surface area contributed by atoms with Gasteiger partial charge in [0.05, 0.1) is 11.3 Å². The highest BCUT2D eigenvalue weighted by Crippen LogP contribution is 2.35. The predicted molar refractivity (Wildman–Crippen MR) is 105 cm³/mol. The van der Waals surface area contributed by atoms with E-state index in [1.54, 1.807) is 0 Å². The van der Waals surface area contributed by atoms with Crippen molar-refractivity contribution in [3.8, 4) is 0 Å². The first-order valence-corrected chi connectivity index (χ1v) is 8.75. The Hall–Kier alpha value is -2.87. The van der Waals surface area contributed by atoms with E-state index in [1.165, 1.54) is 39.2 Å². The third-order valence-electron chi connectivity index (χ3n) is 4.90. The van der Waals surface area contributed by atoms with Crippen molar-refractivity contribution in [1.29, 1.82) is 0 Å². The molecule has 1 heterocycles. The van der Waals surface area contributed by atoms with Gasteiger partial charge in [-0.05, 0) is 32.9 Å². The molecule has 0 fully saturated rings. The zero-order chi connectivity index (χ0) is 17.4. The lowest BCUT2D eigenvalue weighted by molar-refractivity contribution is -0.480. The van der Waals surface area contributed by atoms with Crippen molar-refractivity contribution >= 4 is 17.6 Å². The van der Waals surface area contributed by atoms with Gasteiger partial charge in [0.1, 0.15) is 0 Å². The summed E-state index contributed by atoms with van der Waals surface area (Å²) in [6, 6.07) is 23.8. The molecule has 1 N–H and O–H groups in total. The molecule has 1 atom stereocenters. The summed E-state index contributed by atoms with van der Waals surface area (Å²) in [7, 11) is 0. The highest BCUT2D eigenvalue weighted by atomic mass is 15.2. The Morgan fingerprint density at radius 2 is 1.44 bits per heavy atom. The number of fused-ring (bicyclic) bond motifs is 1. The number of hydrogen-bond acceptors (Lipinski definition) is 1. The quantitative estimate of drug-likeness (QED) is 0.614. The van der Waals surface area contributed by atoms with Crippen molar-refractivity contribution in [3.63, 3.8) is 0 Å². The molecule has 0 radical (unpaired) electrons. The molecule has 3 aromatic rings. The molecule has 3 aromatic carbocycles. The van der Waals surface area contributed by atoms with Gasteiger partial charge in [0.15, 0.2) is 6.21 Å². The van der Waals surface area contributed by atoms with Crippen LogP contribution in [0.1, 0.15) is 34.0 Å². The second-order valence-electron chi connectivity index (χ2n) is 6.82. The Labute approximate surface area is 149 Å². The van der Waals surface area contributed by atoms with E-state index in [2.05, 4.69) is 104 Å². The fourth-order valence-corrected chi connectivity index (χ4v) is 3.58. The molecule has 4 rings (SSSR count). The second kappa shape index (κ2) is 6.21. The molecule has 0 aromatic heterocycles. The molecule has 0 spiro atoms. The summed E-state index contributed by atoms with van der Waals surface area (Å²) in [4.78, 5) is 0. The molecular formula is C23H23N2+. The molecular weight excluding hydrogens is 304 g/mol. The van der Waals surface area contributed by atoms with Gasteiger partial charge in [0.25, 0.3) is 6.17 Å². The summed E-state index contributed by atoms with van der Waals surface area (Å²) < 4.78 is 2.37. The van der Waals surface area contributed by atoms with E-state index in [9.17, 15) is 0 Å². The third-order valence-corrected chi connectivity index (χ3v) is 4.90. The molecule has 1 aliphatic rings. The molecule has 25 heavy (non-hydrogen) atoms. The monoisotopic (exact) mass is 327 g/mol. The normalized spacial score (nSPS) is 16.0. The summed E-state index contributed by atoms with van der Waals surface area (Å²) in [5.74, 6) is 0. The van der Waals surface area contributed by atoms with E-state index in [4.69, 9.17) is 0 Å². The van der Waals surface area contributed by atoms with E-state index < -0.39 is 0 Å². The van der Waals surface area contributed by atoms with Gasteiger partial charge in [-0.15, -0.1) is 0 Å². The smallest absolute Gasteiger partial charge is 0.258 e. The van der Waals surface area contributed by atoms with Crippen LogP contribution in [0.2, 0.25) is 0 Å². The largest absolute Gasteiger partial charge is 0.323 e. The van der Waals surface area contributed by atoms with Crippen molar-refractivity contribution in [3.05, 3.63) is 94.5 Å². The molecule has 1 aliphatic heterocycles. The van der Waals surface area contributed by atoms with Crippen LogP contribution in [0.3, 0.4) is 0 Å². The zero-order valence-corrected chi connectivity index (χ0v) is 15.0. The van der Waals surface area contributed by atoms with Gasteiger partial charge in [0.2, 0.25) is 5.69 Å². The summed E-state index contributed by atoms with van der Waals surface area (Å²) in [6.45, 7) is 6.49. The van der Waals surface area contributed by atoms with Gasteiger partial charge in [-0.25, -0.2) is 0 Å². The van der Waals surface area contributed by atoms with E-state index in [0.717, 1.165) is 0 Å². The first kappa shape index (κ1) is 15.6. The summed E-state index contributed by atoms with van der Waals surface area (Å²) in [5, 5.41) is 3.73.